The van der Waals surface area contributed by atoms with Crippen molar-refractivity contribution < 1.29 is 9.84 Å². The summed E-state index contributed by atoms with van der Waals surface area (Å²) in [4.78, 5) is 7.24. The summed E-state index contributed by atoms with van der Waals surface area (Å²) in [7, 11) is 0. The van der Waals surface area contributed by atoms with Gasteiger partial charge in [0.15, 0.2) is 5.96 Å². The minimum Gasteiger partial charge on any atom is -0.388 e. The van der Waals surface area contributed by atoms with Gasteiger partial charge in [-0.1, -0.05) is 19.3 Å². The normalized spacial score (nSPS) is 37.2. The first kappa shape index (κ1) is 18.7. The number of rotatable bonds is 3. The van der Waals surface area contributed by atoms with Crippen molar-refractivity contribution in [3.8, 4) is 0 Å². The highest BCUT2D eigenvalue weighted by molar-refractivity contribution is 14.0. The Labute approximate surface area is 162 Å². The molecule has 4 rings (SSSR count). The average Bonchev–Trinajstić information content (AvgIpc) is 3.24. The first-order chi connectivity index (χ1) is 11.2. The molecule has 4 atom stereocenters. The fourth-order valence-electron chi connectivity index (χ4n) is 5.15. The summed E-state index contributed by atoms with van der Waals surface area (Å²) in [6.45, 7) is 5.68. The fourth-order valence-corrected chi connectivity index (χ4v) is 5.15. The molecule has 1 saturated carbocycles. The second kappa shape index (κ2) is 7.66. The van der Waals surface area contributed by atoms with Crippen LogP contribution in [0.5, 0.6) is 0 Å². The number of halogens is 1. The number of aliphatic hydroxyl groups is 1. The van der Waals surface area contributed by atoms with Crippen LogP contribution < -0.4 is 5.32 Å². The summed E-state index contributed by atoms with van der Waals surface area (Å²) < 4.78 is 6.07. The molecule has 0 radical (unpaired) electrons. The second-order valence-electron chi connectivity index (χ2n) is 7.98. The zero-order chi connectivity index (χ0) is 15.9. The molecule has 1 aliphatic carbocycles. The Bertz CT molecular complexity index is 449. The third-order valence-corrected chi connectivity index (χ3v) is 6.39. The van der Waals surface area contributed by atoms with Crippen LogP contribution in [0.25, 0.3) is 0 Å². The Balaban J connectivity index is 0.00000169. The van der Waals surface area contributed by atoms with Gasteiger partial charge in [-0.3, -0.25) is 4.99 Å². The molecule has 2 N–H and O–H groups in total. The molecule has 3 saturated heterocycles. The summed E-state index contributed by atoms with van der Waals surface area (Å²) in [5.41, 5.74) is -0.573. The summed E-state index contributed by atoms with van der Waals surface area (Å²) in [5, 5.41) is 14.2. The van der Waals surface area contributed by atoms with Gasteiger partial charge in [0.25, 0.3) is 0 Å². The van der Waals surface area contributed by atoms with Gasteiger partial charge in [-0.05, 0) is 32.6 Å². The molecule has 4 unspecified atom stereocenters. The molecule has 24 heavy (non-hydrogen) atoms. The van der Waals surface area contributed by atoms with E-state index in [1.54, 1.807) is 0 Å². The molecule has 0 aromatic rings. The maximum atomic E-state index is 10.7. The van der Waals surface area contributed by atoms with E-state index in [-0.39, 0.29) is 24.0 Å². The van der Waals surface area contributed by atoms with Crippen LogP contribution in [-0.4, -0.2) is 60.0 Å². The number of hydrogen-bond donors (Lipinski definition) is 2. The third-order valence-electron chi connectivity index (χ3n) is 6.39. The molecule has 3 aliphatic heterocycles. The molecule has 0 aromatic heterocycles. The van der Waals surface area contributed by atoms with Crippen LogP contribution in [0.1, 0.15) is 51.9 Å². The predicted molar refractivity (Wildman–Crippen MR) is 106 cm³/mol. The van der Waals surface area contributed by atoms with E-state index in [4.69, 9.17) is 9.73 Å². The molecular formula is C18H32IN3O2. The van der Waals surface area contributed by atoms with E-state index >= 15 is 0 Å². The van der Waals surface area contributed by atoms with Crippen molar-refractivity contribution in [1.82, 2.24) is 10.2 Å². The van der Waals surface area contributed by atoms with Crippen molar-refractivity contribution in [2.24, 2.45) is 16.8 Å². The van der Waals surface area contributed by atoms with Crippen LogP contribution in [-0.2, 0) is 4.74 Å². The van der Waals surface area contributed by atoms with Crippen molar-refractivity contribution >= 4 is 29.9 Å². The zero-order valence-electron chi connectivity index (χ0n) is 14.7. The van der Waals surface area contributed by atoms with Gasteiger partial charge >= 0.3 is 0 Å². The van der Waals surface area contributed by atoms with E-state index in [2.05, 4.69) is 17.1 Å². The van der Waals surface area contributed by atoms with Gasteiger partial charge in [-0.15, -0.1) is 24.0 Å². The standard InChI is InChI=1S/C18H31N3O2.HI/c1-2-19-17(20-12-18(22)8-4-3-5-9-18)21-10-13-14(11-21)16-7-6-15(13)23-16;/h13-16,22H,2-12H2,1H3,(H,19,20);1H. The molecule has 0 spiro atoms. The SMILES string of the molecule is CCNC(=NCC1(O)CCCCC1)N1CC2C3CCC(O3)C2C1.I. The average molecular weight is 449 g/mol. The zero-order valence-corrected chi connectivity index (χ0v) is 17.1. The Morgan fingerprint density at radius 1 is 1.17 bits per heavy atom. The Hall–Kier alpha value is -0.0800. The number of hydrogen-bond acceptors (Lipinski definition) is 3. The number of guanidine groups is 1. The maximum Gasteiger partial charge on any atom is 0.194 e. The van der Waals surface area contributed by atoms with Gasteiger partial charge in [0, 0.05) is 31.5 Å². The van der Waals surface area contributed by atoms with Crippen LogP contribution in [0, 0.1) is 11.8 Å². The molecule has 138 valence electrons. The minimum absolute atomic E-state index is 0. The van der Waals surface area contributed by atoms with Crippen LogP contribution in [0.2, 0.25) is 0 Å². The molecule has 3 heterocycles. The highest BCUT2D eigenvalue weighted by atomic mass is 127. The molecule has 2 bridgehead atoms. The van der Waals surface area contributed by atoms with Gasteiger partial charge in [0.2, 0.25) is 0 Å². The fraction of sp³-hybridized carbons (Fsp3) is 0.944. The molecule has 4 fully saturated rings. The topological polar surface area (TPSA) is 57.1 Å². The molecule has 6 heteroatoms. The van der Waals surface area contributed by atoms with Crippen molar-refractivity contribution in [3.05, 3.63) is 0 Å². The smallest absolute Gasteiger partial charge is 0.194 e. The number of aliphatic imine (C=N–C) groups is 1. The summed E-state index contributed by atoms with van der Waals surface area (Å²) in [5.74, 6) is 2.38. The van der Waals surface area contributed by atoms with E-state index in [1.165, 1.54) is 19.3 Å². The molecule has 0 amide bonds. The lowest BCUT2D eigenvalue weighted by Crippen LogP contribution is -2.43. The Kier molecular flexibility index (Phi) is 5.97. The van der Waals surface area contributed by atoms with Crippen LogP contribution in [0.4, 0.5) is 0 Å². The Morgan fingerprint density at radius 2 is 1.79 bits per heavy atom. The lowest BCUT2D eigenvalue weighted by Gasteiger charge is -2.31. The van der Waals surface area contributed by atoms with E-state index in [1.807, 2.05) is 0 Å². The number of ether oxygens (including phenoxy) is 1. The largest absolute Gasteiger partial charge is 0.388 e. The lowest BCUT2D eigenvalue weighted by atomic mass is 9.82. The van der Waals surface area contributed by atoms with E-state index in [9.17, 15) is 5.11 Å². The molecule has 4 aliphatic rings. The first-order valence-electron chi connectivity index (χ1n) is 9.60. The van der Waals surface area contributed by atoms with Gasteiger partial charge in [-0.2, -0.15) is 0 Å². The summed E-state index contributed by atoms with van der Waals surface area (Å²) in [6, 6.07) is 0. The van der Waals surface area contributed by atoms with Gasteiger partial charge in [0.05, 0.1) is 24.4 Å². The second-order valence-corrected chi connectivity index (χ2v) is 7.98. The quantitative estimate of drug-likeness (QED) is 0.395. The Morgan fingerprint density at radius 3 is 2.38 bits per heavy atom. The van der Waals surface area contributed by atoms with E-state index < -0.39 is 5.60 Å². The summed E-state index contributed by atoms with van der Waals surface area (Å²) >= 11 is 0. The highest BCUT2D eigenvalue weighted by Gasteiger charge is 2.53. The number of nitrogens with one attached hydrogen (secondary N) is 1. The van der Waals surface area contributed by atoms with Gasteiger partial charge in [0.1, 0.15) is 0 Å². The van der Waals surface area contributed by atoms with Crippen molar-refractivity contribution in [3.63, 3.8) is 0 Å². The van der Waals surface area contributed by atoms with Crippen molar-refractivity contribution in [2.75, 3.05) is 26.2 Å². The number of likely N-dealkylation sites (tertiary alicyclic amines) is 1. The molecule has 0 aromatic carbocycles. The highest BCUT2D eigenvalue weighted by Crippen LogP contribution is 2.47. The lowest BCUT2D eigenvalue weighted by molar-refractivity contribution is 0.0129. The van der Waals surface area contributed by atoms with E-state index in [0.717, 1.165) is 51.3 Å². The van der Waals surface area contributed by atoms with Crippen LogP contribution in [0.15, 0.2) is 4.99 Å². The van der Waals surface area contributed by atoms with Gasteiger partial charge < -0.3 is 20.1 Å². The summed E-state index contributed by atoms with van der Waals surface area (Å²) in [6.07, 6.45) is 8.79. The first-order valence-corrected chi connectivity index (χ1v) is 9.60. The molecule has 5 nitrogen and oxygen atoms in total. The van der Waals surface area contributed by atoms with Crippen LogP contribution >= 0.6 is 24.0 Å². The van der Waals surface area contributed by atoms with Crippen molar-refractivity contribution in [1.29, 1.82) is 0 Å². The number of nitrogens with zero attached hydrogens (tertiary/aromatic N) is 2. The van der Waals surface area contributed by atoms with E-state index in [0.29, 0.717) is 30.6 Å². The monoisotopic (exact) mass is 449 g/mol. The van der Waals surface area contributed by atoms with Crippen molar-refractivity contribution in [2.45, 2.75) is 69.7 Å². The maximum absolute atomic E-state index is 10.7. The third kappa shape index (κ3) is 3.56. The number of fused-ring (bicyclic) bond motifs is 5. The predicted octanol–water partition coefficient (Wildman–Crippen LogP) is 2.37. The van der Waals surface area contributed by atoms with Crippen LogP contribution in [0.3, 0.4) is 0 Å². The van der Waals surface area contributed by atoms with Gasteiger partial charge in [-0.25, -0.2) is 0 Å². The minimum atomic E-state index is -0.573. The molecular weight excluding hydrogens is 417 g/mol.